The van der Waals surface area contributed by atoms with Gasteiger partial charge in [-0.2, -0.15) is 22.1 Å². The molecule has 0 spiro atoms. The molecule has 1 aromatic carbocycles. The molecule has 3 rings (SSSR count). The van der Waals surface area contributed by atoms with Crippen LogP contribution in [0.1, 0.15) is 10.4 Å². The van der Waals surface area contributed by atoms with E-state index in [2.05, 4.69) is 11.2 Å². The van der Waals surface area contributed by atoms with Crippen LogP contribution in [0.25, 0.3) is 11.3 Å². The van der Waals surface area contributed by atoms with Gasteiger partial charge in [-0.1, -0.05) is 0 Å². The molecule has 6 nitrogen and oxygen atoms in total. The number of carbonyl (C=O) groups is 1. The van der Waals surface area contributed by atoms with Crippen LogP contribution in [0.15, 0.2) is 30.5 Å². The summed E-state index contributed by atoms with van der Waals surface area (Å²) in [7, 11) is 3.44. The minimum atomic E-state index is -0.378. The van der Waals surface area contributed by atoms with E-state index in [0.717, 1.165) is 17.0 Å². The van der Waals surface area contributed by atoms with E-state index >= 15 is 0 Å². The fourth-order valence-corrected chi connectivity index (χ4v) is 3.69. The van der Waals surface area contributed by atoms with Gasteiger partial charge in [0.15, 0.2) is 0 Å². The van der Waals surface area contributed by atoms with Crippen LogP contribution >= 0.6 is 11.8 Å². The van der Waals surface area contributed by atoms with E-state index in [9.17, 15) is 10.1 Å². The lowest BCUT2D eigenvalue weighted by Crippen LogP contribution is -2.45. The first-order valence-electron chi connectivity index (χ1n) is 7.60. The molecule has 1 saturated heterocycles. The monoisotopic (exact) mass is 342 g/mol. The molecule has 7 heteroatoms. The summed E-state index contributed by atoms with van der Waals surface area (Å²) >= 11 is 1.70. The molecule has 1 aliphatic rings. The number of thioether (sulfide) groups is 1. The Hall–Kier alpha value is -2.46. The number of hydrogen-bond acceptors (Lipinski definition) is 5. The molecule has 24 heavy (non-hydrogen) atoms. The number of ether oxygens (including phenoxy) is 1. The zero-order valence-electron chi connectivity index (χ0n) is 13.6. The van der Waals surface area contributed by atoms with Gasteiger partial charge in [0, 0.05) is 42.4 Å². The largest absolute Gasteiger partial charge is 0.496 e. The number of nitrogens with zero attached hydrogens (tertiary/aromatic N) is 4. The standard InChI is InChI=1S/C17H18N4O2S/c1-20-6-5-15(19-20)14-9-12(3-4-16(14)23-2)17(22)21-7-8-24-11-13(21)10-18/h3-6,9,13H,7-8,11H2,1-2H3. The summed E-state index contributed by atoms with van der Waals surface area (Å²) in [6.45, 7) is 0.590. The maximum atomic E-state index is 12.9. The summed E-state index contributed by atoms with van der Waals surface area (Å²) in [5.41, 5.74) is 2.06. The Morgan fingerprint density at radius 3 is 2.96 bits per heavy atom. The number of nitriles is 1. The third-order valence-electron chi connectivity index (χ3n) is 3.97. The smallest absolute Gasteiger partial charge is 0.255 e. The van der Waals surface area contributed by atoms with Gasteiger partial charge < -0.3 is 9.64 Å². The van der Waals surface area contributed by atoms with Gasteiger partial charge in [-0.3, -0.25) is 9.48 Å². The molecular formula is C17H18N4O2S. The molecule has 0 saturated carbocycles. The molecular weight excluding hydrogens is 324 g/mol. The fraction of sp³-hybridized carbons (Fsp3) is 0.353. The number of benzene rings is 1. The summed E-state index contributed by atoms with van der Waals surface area (Å²) < 4.78 is 7.11. The highest BCUT2D eigenvalue weighted by Gasteiger charge is 2.28. The van der Waals surface area contributed by atoms with E-state index in [0.29, 0.717) is 23.6 Å². The van der Waals surface area contributed by atoms with Crippen LogP contribution in [-0.2, 0) is 7.05 Å². The van der Waals surface area contributed by atoms with Crippen LogP contribution in [0.3, 0.4) is 0 Å². The van der Waals surface area contributed by atoms with Crippen LogP contribution in [0, 0.1) is 11.3 Å². The molecule has 0 aliphatic carbocycles. The first-order valence-corrected chi connectivity index (χ1v) is 8.76. The Labute approximate surface area is 145 Å². The Morgan fingerprint density at radius 1 is 1.46 bits per heavy atom. The molecule has 1 aliphatic heterocycles. The SMILES string of the molecule is COc1ccc(C(=O)N2CCSCC2C#N)cc1-c1ccn(C)n1. The Kier molecular flexibility index (Phi) is 4.76. The van der Waals surface area contributed by atoms with Crippen molar-refractivity contribution in [3.8, 4) is 23.1 Å². The fourth-order valence-electron chi connectivity index (χ4n) is 2.72. The van der Waals surface area contributed by atoms with Gasteiger partial charge in [0.1, 0.15) is 11.8 Å². The van der Waals surface area contributed by atoms with Crippen LogP contribution in [0.4, 0.5) is 0 Å². The zero-order valence-corrected chi connectivity index (χ0v) is 14.4. The predicted molar refractivity (Wildman–Crippen MR) is 93.0 cm³/mol. The first-order chi connectivity index (χ1) is 11.6. The number of aryl methyl sites for hydroxylation is 1. The Morgan fingerprint density at radius 2 is 2.29 bits per heavy atom. The van der Waals surface area contributed by atoms with Gasteiger partial charge in [0.25, 0.3) is 5.91 Å². The topological polar surface area (TPSA) is 71.2 Å². The minimum Gasteiger partial charge on any atom is -0.496 e. The van der Waals surface area contributed by atoms with Crippen molar-refractivity contribution in [1.82, 2.24) is 14.7 Å². The van der Waals surface area contributed by atoms with Crippen molar-refractivity contribution in [2.24, 2.45) is 7.05 Å². The Bertz CT molecular complexity index is 796. The second-order valence-electron chi connectivity index (χ2n) is 5.51. The third kappa shape index (κ3) is 3.10. The van der Waals surface area contributed by atoms with E-state index in [-0.39, 0.29) is 11.9 Å². The predicted octanol–water partition coefficient (Wildman–Crippen LogP) is 2.18. The second kappa shape index (κ2) is 6.97. The first kappa shape index (κ1) is 16.4. The van der Waals surface area contributed by atoms with E-state index < -0.39 is 0 Å². The van der Waals surface area contributed by atoms with Gasteiger partial charge in [-0.25, -0.2) is 0 Å². The number of rotatable bonds is 3. The molecule has 2 aromatic rings. The van der Waals surface area contributed by atoms with E-state index in [4.69, 9.17) is 4.74 Å². The van der Waals surface area contributed by atoms with Crippen molar-refractivity contribution in [3.05, 3.63) is 36.0 Å². The van der Waals surface area contributed by atoms with Crippen LogP contribution < -0.4 is 4.74 Å². The summed E-state index contributed by atoms with van der Waals surface area (Å²) in [6.07, 6.45) is 1.84. The van der Waals surface area contributed by atoms with Gasteiger partial charge in [-0.15, -0.1) is 0 Å². The second-order valence-corrected chi connectivity index (χ2v) is 6.66. The lowest BCUT2D eigenvalue weighted by atomic mass is 10.1. The lowest BCUT2D eigenvalue weighted by Gasteiger charge is -2.31. The summed E-state index contributed by atoms with van der Waals surface area (Å²) in [5.74, 6) is 2.05. The summed E-state index contributed by atoms with van der Waals surface area (Å²) in [4.78, 5) is 14.5. The molecule has 2 heterocycles. The van der Waals surface area contributed by atoms with E-state index in [1.54, 1.807) is 46.7 Å². The normalized spacial score (nSPS) is 17.4. The maximum absolute atomic E-state index is 12.9. The average molecular weight is 342 g/mol. The number of hydrogen-bond donors (Lipinski definition) is 0. The van der Waals surface area contributed by atoms with Crippen molar-refractivity contribution >= 4 is 17.7 Å². The van der Waals surface area contributed by atoms with Crippen LogP contribution in [0.2, 0.25) is 0 Å². The van der Waals surface area contributed by atoms with Gasteiger partial charge in [-0.05, 0) is 24.3 Å². The molecule has 0 radical (unpaired) electrons. The number of carbonyl (C=O) groups excluding carboxylic acids is 1. The third-order valence-corrected chi connectivity index (χ3v) is 5.00. The lowest BCUT2D eigenvalue weighted by molar-refractivity contribution is 0.0737. The average Bonchev–Trinajstić information content (AvgIpc) is 3.06. The van der Waals surface area contributed by atoms with Crippen molar-refractivity contribution < 1.29 is 9.53 Å². The van der Waals surface area contributed by atoms with Crippen LogP contribution in [0.5, 0.6) is 5.75 Å². The quantitative estimate of drug-likeness (QED) is 0.855. The van der Waals surface area contributed by atoms with Crippen LogP contribution in [-0.4, -0.2) is 51.8 Å². The summed E-state index contributed by atoms with van der Waals surface area (Å²) in [5, 5.41) is 13.7. The molecule has 1 atom stereocenters. The number of methoxy groups -OCH3 is 1. The van der Waals surface area contributed by atoms with Gasteiger partial charge >= 0.3 is 0 Å². The van der Waals surface area contributed by atoms with Gasteiger partial charge in [0.05, 0.1) is 18.9 Å². The van der Waals surface area contributed by atoms with Crippen molar-refractivity contribution in [2.45, 2.75) is 6.04 Å². The highest BCUT2D eigenvalue weighted by Crippen LogP contribution is 2.30. The van der Waals surface area contributed by atoms with Gasteiger partial charge in [0.2, 0.25) is 0 Å². The molecule has 1 fully saturated rings. The Balaban J connectivity index is 1.97. The summed E-state index contributed by atoms with van der Waals surface area (Å²) in [6, 6.07) is 9.03. The molecule has 1 unspecified atom stereocenters. The zero-order chi connectivity index (χ0) is 17.1. The van der Waals surface area contributed by atoms with Crippen molar-refractivity contribution in [1.29, 1.82) is 5.26 Å². The van der Waals surface area contributed by atoms with E-state index in [1.807, 2.05) is 19.3 Å². The number of aromatic nitrogens is 2. The minimum absolute atomic E-state index is 0.123. The van der Waals surface area contributed by atoms with Crippen molar-refractivity contribution in [2.75, 3.05) is 25.2 Å². The molecule has 1 aromatic heterocycles. The molecule has 124 valence electrons. The number of amides is 1. The molecule has 1 amide bonds. The maximum Gasteiger partial charge on any atom is 0.255 e. The highest BCUT2D eigenvalue weighted by molar-refractivity contribution is 7.99. The molecule has 0 N–H and O–H groups in total. The van der Waals surface area contributed by atoms with Crippen molar-refractivity contribution in [3.63, 3.8) is 0 Å². The highest BCUT2D eigenvalue weighted by atomic mass is 32.2. The molecule has 0 bridgehead atoms. The van der Waals surface area contributed by atoms with E-state index in [1.165, 1.54) is 0 Å².